The summed E-state index contributed by atoms with van der Waals surface area (Å²) in [4.78, 5) is 0. The van der Waals surface area contributed by atoms with Crippen molar-refractivity contribution in [2.45, 2.75) is 39.7 Å². The lowest BCUT2D eigenvalue weighted by Gasteiger charge is -2.07. The highest BCUT2D eigenvalue weighted by Gasteiger charge is 2.00. The molecule has 0 bridgehead atoms. The van der Waals surface area contributed by atoms with E-state index < -0.39 is 0 Å². The second-order valence-corrected chi connectivity index (χ2v) is 4.47. The van der Waals surface area contributed by atoms with Gasteiger partial charge in [0.25, 0.3) is 0 Å². The molecule has 1 nitrogen and oxygen atoms in total. The second kappa shape index (κ2) is 5.16. The van der Waals surface area contributed by atoms with Gasteiger partial charge in [-0.3, -0.25) is 0 Å². The van der Waals surface area contributed by atoms with Crippen LogP contribution in [0.15, 0.2) is 24.3 Å². The first-order valence-corrected chi connectivity index (χ1v) is 5.34. The van der Waals surface area contributed by atoms with E-state index >= 15 is 0 Å². The summed E-state index contributed by atoms with van der Waals surface area (Å²) in [6, 6.07) is 8.56. The van der Waals surface area contributed by atoms with Crippen molar-refractivity contribution in [3.63, 3.8) is 0 Å². The topological polar surface area (TPSA) is 20.2 Å². The van der Waals surface area contributed by atoms with Gasteiger partial charge in [-0.2, -0.15) is 0 Å². The third kappa shape index (κ3) is 3.93. The summed E-state index contributed by atoms with van der Waals surface area (Å²) in [6.07, 6.45) is 1.64. The van der Waals surface area contributed by atoms with Gasteiger partial charge in [0, 0.05) is 0 Å². The maximum absolute atomic E-state index is 9.22. The Balaban J connectivity index is 2.59. The van der Waals surface area contributed by atoms with E-state index in [2.05, 4.69) is 38.1 Å². The van der Waals surface area contributed by atoms with E-state index in [9.17, 15) is 5.11 Å². The third-order valence-corrected chi connectivity index (χ3v) is 2.20. The first-order chi connectivity index (χ1) is 6.58. The molecule has 0 saturated heterocycles. The first-order valence-electron chi connectivity index (χ1n) is 5.34. The number of aliphatic hydroxyl groups excluding tert-OH is 1. The molecule has 78 valence electrons. The molecule has 0 heterocycles. The smallest absolute Gasteiger partial charge is 0.0552 e. The minimum absolute atomic E-state index is 0.244. The van der Waals surface area contributed by atoms with Crippen molar-refractivity contribution >= 4 is 0 Å². The Morgan fingerprint density at radius 3 is 1.71 bits per heavy atom. The first kappa shape index (κ1) is 11.3. The van der Waals surface area contributed by atoms with Gasteiger partial charge in [0.1, 0.15) is 0 Å². The molecule has 1 aromatic rings. The summed E-state index contributed by atoms with van der Waals surface area (Å²) in [6.45, 7) is 6.27. The molecule has 1 heteroatoms. The number of hydrogen-bond donors (Lipinski definition) is 1. The van der Waals surface area contributed by atoms with E-state index in [0.29, 0.717) is 5.92 Å². The summed E-state index contributed by atoms with van der Waals surface area (Å²) < 4.78 is 0. The Bertz CT molecular complexity index is 230. The van der Waals surface area contributed by atoms with E-state index in [1.165, 1.54) is 11.1 Å². The lowest BCUT2D eigenvalue weighted by molar-refractivity contribution is 0.195. The van der Waals surface area contributed by atoms with Gasteiger partial charge in [-0.1, -0.05) is 38.1 Å². The molecule has 0 radical (unpaired) electrons. The molecule has 0 fully saturated rings. The zero-order valence-electron chi connectivity index (χ0n) is 9.33. The molecule has 0 amide bonds. The Labute approximate surface area is 86.8 Å². The Morgan fingerprint density at radius 1 is 0.929 bits per heavy atom. The van der Waals surface area contributed by atoms with Crippen LogP contribution in [0.5, 0.6) is 0 Å². The minimum Gasteiger partial charge on any atom is -0.393 e. The van der Waals surface area contributed by atoms with Crippen LogP contribution in [0, 0.1) is 5.92 Å². The molecule has 0 aliphatic carbocycles. The molecular formula is C13H20O. The normalized spacial score (nSPS) is 13.2. The molecule has 0 aromatic heterocycles. The average Bonchev–Trinajstić information content (AvgIpc) is 2.06. The van der Waals surface area contributed by atoms with E-state index in [0.717, 1.165) is 12.8 Å². The molecule has 1 rings (SSSR count). The summed E-state index contributed by atoms with van der Waals surface area (Å²) in [5.41, 5.74) is 2.60. The van der Waals surface area contributed by atoms with Crippen LogP contribution in [0.1, 0.15) is 31.9 Å². The van der Waals surface area contributed by atoms with Crippen molar-refractivity contribution in [2.75, 3.05) is 0 Å². The number of rotatable bonds is 4. The Morgan fingerprint density at radius 2 is 1.36 bits per heavy atom. The SMILES string of the molecule is CC(C)Cc1ccc(C[C@H](C)O)cc1. The fourth-order valence-corrected chi connectivity index (χ4v) is 1.62. The van der Waals surface area contributed by atoms with E-state index in [1.54, 1.807) is 0 Å². The van der Waals surface area contributed by atoms with Crippen LogP contribution in [0.3, 0.4) is 0 Å². The standard InChI is InChI=1S/C13H20O/c1-10(2)8-12-4-6-13(7-5-12)9-11(3)14/h4-7,10-11,14H,8-9H2,1-3H3/t11-/m0/s1. The van der Waals surface area contributed by atoms with Crippen LogP contribution in [0.4, 0.5) is 0 Å². The molecule has 1 atom stereocenters. The van der Waals surface area contributed by atoms with Gasteiger partial charge in [0.05, 0.1) is 6.10 Å². The van der Waals surface area contributed by atoms with E-state index in [-0.39, 0.29) is 6.10 Å². The van der Waals surface area contributed by atoms with Gasteiger partial charge in [0.15, 0.2) is 0 Å². The van der Waals surface area contributed by atoms with Gasteiger partial charge in [0.2, 0.25) is 0 Å². The van der Waals surface area contributed by atoms with Gasteiger partial charge >= 0.3 is 0 Å². The molecule has 0 aliphatic rings. The predicted octanol–water partition coefficient (Wildman–Crippen LogP) is 2.81. The van der Waals surface area contributed by atoms with Gasteiger partial charge in [-0.25, -0.2) is 0 Å². The summed E-state index contributed by atoms with van der Waals surface area (Å²) in [5.74, 6) is 0.706. The van der Waals surface area contributed by atoms with Gasteiger partial charge in [-0.15, -0.1) is 0 Å². The number of aliphatic hydroxyl groups is 1. The van der Waals surface area contributed by atoms with E-state index in [4.69, 9.17) is 0 Å². The minimum atomic E-state index is -0.244. The fraction of sp³-hybridized carbons (Fsp3) is 0.538. The molecule has 0 saturated carbocycles. The number of hydrogen-bond acceptors (Lipinski definition) is 1. The van der Waals surface area contributed by atoms with E-state index in [1.807, 2.05) is 6.92 Å². The van der Waals surface area contributed by atoms with Crippen LogP contribution in [0.2, 0.25) is 0 Å². The second-order valence-electron chi connectivity index (χ2n) is 4.47. The van der Waals surface area contributed by atoms with Crippen LogP contribution >= 0.6 is 0 Å². The van der Waals surface area contributed by atoms with Crippen molar-refractivity contribution in [3.8, 4) is 0 Å². The quantitative estimate of drug-likeness (QED) is 0.777. The van der Waals surface area contributed by atoms with Gasteiger partial charge in [-0.05, 0) is 36.8 Å². The molecule has 14 heavy (non-hydrogen) atoms. The highest BCUT2D eigenvalue weighted by Crippen LogP contribution is 2.10. The third-order valence-electron chi connectivity index (χ3n) is 2.20. The van der Waals surface area contributed by atoms with Crippen LogP contribution < -0.4 is 0 Å². The maximum atomic E-state index is 9.22. The number of benzene rings is 1. The zero-order chi connectivity index (χ0) is 10.6. The zero-order valence-corrected chi connectivity index (χ0v) is 9.33. The van der Waals surface area contributed by atoms with Crippen molar-refractivity contribution in [2.24, 2.45) is 5.92 Å². The molecule has 0 unspecified atom stereocenters. The molecule has 0 spiro atoms. The molecular weight excluding hydrogens is 172 g/mol. The summed E-state index contributed by atoms with van der Waals surface area (Å²) >= 11 is 0. The predicted molar refractivity (Wildman–Crippen MR) is 60.4 cm³/mol. The van der Waals surface area contributed by atoms with Crippen LogP contribution in [-0.4, -0.2) is 11.2 Å². The monoisotopic (exact) mass is 192 g/mol. The van der Waals surface area contributed by atoms with Crippen LogP contribution in [-0.2, 0) is 12.8 Å². The Kier molecular flexibility index (Phi) is 4.15. The highest BCUT2D eigenvalue weighted by atomic mass is 16.3. The fourth-order valence-electron chi connectivity index (χ4n) is 1.62. The lowest BCUT2D eigenvalue weighted by Crippen LogP contribution is -2.04. The van der Waals surface area contributed by atoms with Crippen LogP contribution in [0.25, 0.3) is 0 Å². The Hall–Kier alpha value is -0.820. The summed E-state index contributed by atoms with van der Waals surface area (Å²) in [5, 5.41) is 9.22. The summed E-state index contributed by atoms with van der Waals surface area (Å²) in [7, 11) is 0. The van der Waals surface area contributed by atoms with Crippen molar-refractivity contribution in [3.05, 3.63) is 35.4 Å². The molecule has 1 N–H and O–H groups in total. The molecule has 0 aliphatic heterocycles. The van der Waals surface area contributed by atoms with Crippen molar-refractivity contribution < 1.29 is 5.11 Å². The van der Waals surface area contributed by atoms with Gasteiger partial charge < -0.3 is 5.11 Å². The van der Waals surface area contributed by atoms with Crippen molar-refractivity contribution in [1.82, 2.24) is 0 Å². The lowest BCUT2D eigenvalue weighted by atomic mass is 10.0. The average molecular weight is 192 g/mol. The maximum Gasteiger partial charge on any atom is 0.0552 e. The van der Waals surface area contributed by atoms with Crippen molar-refractivity contribution in [1.29, 1.82) is 0 Å². The highest BCUT2D eigenvalue weighted by molar-refractivity contribution is 5.23. The molecule has 1 aromatic carbocycles. The largest absolute Gasteiger partial charge is 0.393 e.